The van der Waals surface area contributed by atoms with Crippen LogP contribution in [-0.4, -0.2) is 11.0 Å². The van der Waals surface area contributed by atoms with Crippen LogP contribution in [0.25, 0.3) is 10.9 Å². The van der Waals surface area contributed by atoms with E-state index < -0.39 is 17.9 Å². The van der Waals surface area contributed by atoms with Gasteiger partial charge in [0.05, 0.1) is 0 Å². The first-order chi connectivity index (χ1) is 11.3. The van der Waals surface area contributed by atoms with Crippen molar-refractivity contribution >= 4 is 28.3 Å². The topological polar surface area (TPSA) is 56.9 Å². The van der Waals surface area contributed by atoms with Crippen molar-refractivity contribution in [3.05, 3.63) is 59.8 Å². The third-order valence-electron chi connectivity index (χ3n) is 3.46. The molecule has 0 spiro atoms. The number of hydrogen-bond acceptors (Lipinski definition) is 1. The number of rotatable bonds is 2. The Hall–Kier alpha value is -2.96. The van der Waals surface area contributed by atoms with Gasteiger partial charge in [-0.3, -0.25) is 0 Å². The number of amides is 2. The van der Waals surface area contributed by atoms with Gasteiger partial charge in [-0.2, -0.15) is 13.2 Å². The van der Waals surface area contributed by atoms with Crippen molar-refractivity contribution in [1.82, 2.24) is 4.98 Å². The molecular weight excluding hydrogens is 319 g/mol. The second-order valence-corrected chi connectivity index (χ2v) is 5.43. The highest BCUT2D eigenvalue weighted by Gasteiger charge is 2.32. The number of aryl methyl sites for hydroxylation is 1. The van der Waals surface area contributed by atoms with Gasteiger partial charge in [-0.25, -0.2) is 4.79 Å². The number of benzene rings is 2. The molecular formula is C17H14F3N3O. The minimum atomic E-state index is -4.44. The molecule has 4 nitrogen and oxygen atoms in total. The monoisotopic (exact) mass is 333 g/mol. The summed E-state index contributed by atoms with van der Waals surface area (Å²) in [5, 5.41) is 5.65. The number of alkyl halides is 3. The second kappa shape index (κ2) is 5.92. The average molecular weight is 333 g/mol. The Labute approximate surface area is 135 Å². The van der Waals surface area contributed by atoms with Crippen LogP contribution in [0.15, 0.2) is 48.5 Å². The standard InChI is InChI=1S/C17H14F3N3O/c1-10-3-2-4-12(7-10)21-16(24)22-13-5-6-14-11(8-13)9-15(23-14)17(18,19)20/h2-9,23H,1H3,(H2,21,22,24). The van der Waals surface area contributed by atoms with E-state index in [1.807, 2.05) is 25.1 Å². The maximum atomic E-state index is 12.7. The van der Waals surface area contributed by atoms with Crippen molar-refractivity contribution in [3.8, 4) is 0 Å². The van der Waals surface area contributed by atoms with Gasteiger partial charge in [-0.1, -0.05) is 12.1 Å². The fraction of sp³-hybridized carbons (Fsp3) is 0.118. The maximum absolute atomic E-state index is 12.7. The first kappa shape index (κ1) is 15.9. The molecule has 0 aliphatic rings. The number of halogens is 3. The number of aromatic amines is 1. The molecule has 0 unspecified atom stereocenters. The molecule has 0 aliphatic carbocycles. The van der Waals surface area contributed by atoms with Crippen LogP contribution in [-0.2, 0) is 6.18 Å². The molecule has 0 radical (unpaired) electrons. The third-order valence-corrected chi connectivity index (χ3v) is 3.46. The molecule has 1 heterocycles. The first-order valence-corrected chi connectivity index (χ1v) is 7.16. The lowest BCUT2D eigenvalue weighted by molar-refractivity contribution is -0.140. The quantitative estimate of drug-likeness (QED) is 0.597. The van der Waals surface area contributed by atoms with E-state index in [1.54, 1.807) is 6.07 Å². The molecule has 3 aromatic rings. The number of aromatic nitrogens is 1. The molecule has 24 heavy (non-hydrogen) atoms. The number of urea groups is 1. The van der Waals surface area contributed by atoms with E-state index in [2.05, 4.69) is 15.6 Å². The summed E-state index contributed by atoms with van der Waals surface area (Å²) in [6.07, 6.45) is -4.44. The van der Waals surface area contributed by atoms with Gasteiger partial charge in [0, 0.05) is 22.3 Å². The van der Waals surface area contributed by atoms with Gasteiger partial charge in [0.15, 0.2) is 0 Å². The number of H-pyrrole nitrogens is 1. The van der Waals surface area contributed by atoms with E-state index in [0.717, 1.165) is 11.6 Å². The van der Waals surface area contributed by atoms with Gasteiger partial charge in [-0.15, -0.1) is 0 Å². The Morgan fingerprint density at radius 3 is 2.38 bits per heavy atom. The largest absolute Gasteiger partial charge is 0.431 e. The van der Waals surface area contributed by atoms with E-state index >= 15 is 0 Å². The van der Waals surface area contributed by atoms with Crippen molar-refractivity contribution < 1.29 is 18.0 Å². The molecule has 7 heteroatoms. The maximum Gasteiger partial charge on any atom is 0.431 e. The second-order valence-electron chi connectivity index (χ2n) is 5.43. The molecule has 2 amide bonds. The molecule has 0 atom stereocenters. The highest BCUT2D eigenvalue weighted by molar-refractivity contribution is 6.01. The zero-order valence-corrected chi connectivity index (χ0v) is 12.7. The zero-order valence-electron chi connectivity index (χ0n) is 12.7. The highest BCUT2D eigenvalue weighted by atomic mass is 19.4. The van der Waals surface area contributed by atoms with Crippen LogP contribution in [0.3, 0.4) is 0 Å². The van der Waals surface area contributed by atoms with Crippen LogP contribution in [0, 0.1) is 6.92 Å². The summed E-state index contributed by atoms with van der Waals surface area (Å²) in [7, 11) is 0. The predicted octanol–water partition coefficient (Wildman–Crippen LogP) is 5.14. The van der Waals surface area contributed by atoms with E-state index in [1.165, 1.54) is 18.2 Å². The average Bonchev–Trinajstić information content (AvgIpc) is 2.90. The zero-order chi connectivity index (χ0) is 17.3. The molecule has 1 aromatic heterocycles. The van der Waals surface area contributed by atoms with Crippen LogP contribution >= 0.6 is 0 Å². The van der Waals surface area contributed by atoms with Gasteiger partial charge < -0.3 is 15.6 Å². The number of anilines is 2. The van der Waals surface area contributed by atoms with Gasteiger partial charge in [0.1, 0.15) is 5.69 Å². The molecule has 0 fully saturated rings. The lowest BCUT2D eigenvalue weighted by atomic mass is 10.2. The molecule has 0 aliphatic heterocycles. The SMILES string of the molecule is Cc1cccc(NC(=O)Nc2ccc3[nH]c(C(F)(F)F)cc3c2)c1. The Kier molecular flexibility index (Phi) is 3.92. The van der Waals surface area contributed by atoms with Crippen molar-refractivity contribution in [3.63, 3.8) is 0 Å². The van der Waals surface area contributed by atoms with Gasteiger partial charge in [0.2, 0.25) is 0 Å². The number of fused-ring (bicyclic) bond motifs is 1. The fourth-order valence-corrected chi connectivity index (χ4v) is 2.38. The van der Waals surface area contributed by atoms with E-state index in [9.17, 15) is 18.0 Å². The van der Waals surface area contributed by atoms with Crippen molar-refractivity contribution in [1.29, 1.82) is 0 Å². The Morgan fingerprint density at radius 2 is 1.71 bits per heavy atom. The summed E-state index contributed by atoms with van der Waals surface area (Å²) in [6, 6.07) is 12.3. The molecule has 3 N–H and O–H groups in total. The Bertz CT molecular complexity index is 899. The number of nitrogens with one attached hydrogen (secondary N) is 3. The van der Waals surface area contributed by atoms with Crippen LogP contribution < -0.4 is 10.6 Å². The van der Waals surface area contributed by atoms with Crippen LogP contribution in [0.1, 0.15) is 11.3 Å². The van der Waals surface area contributed by atoms with Crippen molar-refractivity contribution in [2.75, 3.05) is 10.6 Å². The van der Waals surface area contributed by atoms with Gasteiger partial charge >= 0.3 is 12.2 Å². The number of carbonyl (C=O) groups is 1. The summed E-state index contributed by atoms with van der Waals surface area (Å²) < 4.78 is 38.1. The Balaban J connectivity index is 1.76. The van der Waals surface area contributed by atoms with E-state index in [4.69, 9.17) is 0 Å². The van der Waals surface area contributed by atoms with Crippen LogP contribution in [0.2, 0.25) is 0 Å². The highest BCUT2D eigenvalue weighted by Crippen LogP contribution is 2.31. The summed E-state index contributed by atoms with van der Waals surface area (Å²) in [5.74, 6) is 0. The number of hydrogen-bond donors (Lipinski definition) is 3. The summed E-state index contributed by atoms with van der Waals surface area (Å²) in [4.78, 5) is 14.3. The summed E-state index contributed by atoms with van der Waals surface area (Å²) >= 11 is 0. The van der Waals surface area contributed by atoms with E-state index in [0.29, 0.717) is 22.3 Å². The molecule has 0 saturated carbocycles. The lowest BCUT2D eigenvalue weighted by Gasteiger charge is -2.08. The van der Waals surface area contributed by atoms with Gasteiger partial charge in [-0.05, 0) is 48.9 Å². The minimum absolute atomic E-state index is 0.354. The Morgan fingerprint density at radius 1 is 1.00 bits per heavy atom. The first-order valence-electron chi connectivity index (χ1n) is 7.16. The van der Waals surface area contributed by atoms with E-state index in [-0.39, 0.29) is 0 Å². The van der Waals surface area contributed by atoms with Crippen LogP contribution in [0.4, 0.5) is 29.3 Å². The molecule has 3 rings (SSSR count). The van der Waals surface area contributed by atoms with Gasteiger partial charge in [0.25, 0.3) is 0 Å². The summed E-state index contributed by atoms with van der Waals surface area (Å²) in [6.45, 7) is 1.90. The molecule has 0 bridgehead atoms. The predicted molar refractivity (Wildman–Crippen MR) is 87.1 cm³/mol. The lowest BCUT2D eigenvalue weighted by Crippen LogP contribution is -2.19. The smallest absolute Gasteiger partial charge is 0.351 e. The summed E-state index contributed by atoms with van der Waals surface area (Å²) in [5.41, 5.74) is 1.57. The number of carbonyl (C=O) groups excluding carboxylic acids is 1. The normalized spacial score (nSPS) is 11.5. The van der Waals surface area contributed by atoms with Crippen LogP contribution in [0.5, 0.6) is 0 Å². The third kappa shape index (κ3) is 3.51. The molecule has 124 valence electrons. The van der Waals surface area contributed by atoms with Crippen molar-refractivity contribution in [2.45, 2.75) is 13.1 Å². The molecule has 0 saturated heterocycles. The van der Waals surface area contributed by atoms with Crippen molar-refractivity contribution in [2.24, 2.45) is 0 Å². The fourth-order valence-electron chi connectivity index (χ4n) is 2.38. The molecule has 2 aromatic carbocycles. The minimum Gasteiger partial charge on any atom is -0.351 e.